The highest BCUT2D eigenvalue weighted by Crippen LogP contribution is 2.28. The number of aromatic nitrogens is 2. The molecule has 47 heavy (non-hydrogen) atoms. The summed E-state index contributed by atoms with van der Waals surface area (Å²) >= 11 is 6.22. The Labute approximate surface area is 280 Å². The van der Waals surface area contributed by atoms with Gasteiger partial charge in [0.25, 0.3) is 0 Å². The minimum atomic E-state index is -4.22. The van der Waals surface area contributed by atoms with Crippen molar-refractivity contribution in [3.63, 3.8) is 0 Å². The van der Waals surface area contributed by atoms with Gasteiger partial charge in [0.2, 0.25) is 15.9 Å². The van der Waals surface area contributed by atoms with Crippen LogP contribution in [0.2, 0.25) is 30.7 Å². The van der Waals surface area contributed by atoms with E-state index in [-0.39, 0.29) is 35.1 Å². The third-order valence-corrected chi connectivity index (χ3v) is 10.5. The van der Waals surface area contributed by atoms with E-state index in [9.17, 15) is 18.0 Å². The van der Waals surface area contributed by atoms with Crippen LogP contribution in [0.25, 0.3) is 5.69 Å². The SMILES string of the molecule is COc1ccc(CNS(=O)(=O)c2cc(NC(=O)Cc3ccccc3Cl)ccc2-n2cc(NC(=O)OCC[Si](C)(C)C)cn2)c(OC)c1. The molecule has 12 nitrogen and oxygen atoms in total. The molecule has 0 atom stereocenters. The molecule has 250 valence electrons. The fraction of sp³-hybridized carbons (Fsp3) is 0.281. The molecule has 0 saturated carbocycles. The first-order valence-corrected chi connectivity index (χ1v) is 20.2. The van der Waals surface area contributed by atoms with Crippen molar-refractivity contribution in [2.45, 2.75) is 43.5 Å². The predicted octanol–water partition coefficient (Wildman–Crippen LogP) is 6.09. The highest BCUT2D eigenvalue weighted by Gasteiger charge is 2.23. The van der Waals surface area contributed by atoms with Crippen molar-refractivity contribution in [1.29, 1.82) is 0 Å². The second-order valence-electron chi connectivity index (χ2n) is 11.7. The van der Waals surface area contributed by atoms with Crippen molar-refractivity contribution in [2.75, 3.05) is 31.5 Å². The number of hydrogen-bond acceptors (Lipinski definition) is 8. The summed E-state index contributed by atoms with van der Waals surface area (Å²) in [7, 11) is -2.61. The lowest BCUT2D eigenvalue weighted by Crippen LogP contribution is -2.25. The summed E-state index contributed by atoms with van der Waals surface area (Å²) in [6.45, 7) is 6.74. The second-order valence-corrected chi connectivity index (χ2v) is 19.5. The summed E-state index contributed by atoms with van der Waals surface area (Å²) < 4.78 is 47.6. The predicted molar refractivity (Wildman–Crippen MR) is 184 cm³/mol. The number of nitrogens with one attached hydrogen (secondary N) is 3. The molecule has 3 N–H and O–H groups in total. The van der Waals surface area contributed by atoms with Crippen LogP contribution in [0.5, 0.6) is 11.5 Å². The summed E-state index contributed by atoms with van der Waals surface area (Å²) in [5, 5.41) is 10.1. The first-order chi connectivity index (χ1) is 22.3. The van der Waals surface area contributed by atoms with Crippen molar-refractivity contribution in [3.8, 4) is 17.2 Å². The maximum absolute atomic E-state index is 13.8. The second kappa shape index (κ2) is 15.5. The van der Waals surface area contributed by atoms with E-state index in [1.165, 1.54) is 43.4 Å². The van der Waals surface area contributed by atoms with Gasteiger partial charge in [0.1, 0.15) is 16.4 Å². The third kappa shape index (κ3) is 10.1. The van der Waals surface area contributed by atoms with Crippen molar-refractivity contribution in [3.05, 3.63) is 89.2 Å². The molecule has 1 heterocycles. The zero-order valence-electron chi connectivity index (χ0n) is 26.8. The lowest BCUT2D eigenvalue weighted by atomic mass is 10.1. The number of carbonyl (C=O) groups is 2. The van der Waals surface area contributed by atoms with Gasteiger partial charge in [-0.1, -0.05) is 55.5 Å². The van der Waals surface area contributed by atoms with Gasteiger partial charge in [-0.25, -0.2) is 22.6 Å². The van der Waals surface area contributed by atoms with Crippen LogP contribution in [0.1, 0.15) is 11.1 Å². The minimum Gasteiger partial charge on any atom is -0.497 e. The number of benzene rings is 3. The molecule has 0 fully saturated rings. The molecule has 0 bridgehead atoms. The van der Waals surface area contributed by atoms with Gasteiger partial charge in [-0.2, -0.15) is 5.10 Å². The summed E-state index contributed by atoms with van der Waals surface area (Å²) in [5.74, 6) is 0.606. The Morgan fingerprint density at radius 3 is 2.40 bits per heavy atom. The standard InChI is InChI=1S/C32H38ClN5O7SSi/c1-43-26-12-10-23(29(18-26)44-2)19-35-46(41,42)30-17-24(36-31(39)16-22-8-6-7-9-27(22)33)11-13-28(30)38-21-25(20-34-38)37-32(40)45-14-15-47(3,4)5/h6-13,17-18,20-21,35H,14-16,19H2,1-5H3,(H,36,39)(H,37,40). The highest BCUT2D eigenvalue weighted by molar-refractivity contribution is 7.89. The number of hydrogen-bond donors (Lipinski definition) is 3. The van der Waals surface area contributed by atoms with E-state index in [2.05, 4.69) is 40.1 Å². The smallest absolute Gasteiger partial charge is 0.411 e. The Balaban J connectivity index is 1.61. The monoisotopic (exact) mass is 699 g/mol. The first kappa shape index (κ1) is 35.5. The number of nitrogens with zero attached hydrogens (tertiary/aromatic N) is 2. The topological polar surface area (TPSA) is 150 Å². The fourth-order valence-electron chi connectivity index (χ4n) is 4.39. The van der Waals surface area contributed by atoms with Gasteiger partial charge in [-0.3, -0.25) is 10.1 Å². The van der Waals surface area contributed by atoms with Crippen molar-refractivity contribution in [1.82, 2.24) is 14.5 Å². The maximum Gasteiger partial charge on any atom is 0.411 e. The average molecular weight is 700 g/mol. The quantitative estimate of drug-likeness (QED) is 0.134. The number of methoxy groups -OCH3 is 2. The molecule has 0 saturated heterocycles. The van der Waals surface area contributed by atoms with Gasteiger partial charge in [0.15, 0.2) is 0 Å². The Hall–Kier alpha value is -4.37. The number of amides is 2. The van der Waals surface area contributed by atoms with Crippen LogP contribution in [0.4, 0.5) is 16.2 Å². The Morgan fingerprint density at radius 2 is 1.70 bits per heavy atom. The first-order valence-electron chi connectivity index (χ1n) is 14.6. The molecule has 0 aliphatic carbocycles. The molecular weight excluding hydrogens is 662 g/mol. The molecule has 0 unspecified atom stereocenters. The van der Waals surface area contributed by atoms with Crippen LogP contribution < -0.4 is 24.8 Å². The van der Waals surface area contributed by atoms with Crippen molar-refractivity contribution in [2.24, 2.45) is 0 Å². The number of rotatable bonds is 14. The van der Waals surface area contributed by atoms with Gasteiger partial charge >= 0.3 is 6.09 Å². The van der Waals surface area contributed by atoms with Crippen LogP contribution in [-0.2, 0) is 32.5 Å². The van der Waals surface area contributed by atoms with Gasteiger partial charge in [0.05, 0.1) is 51.0 Å². The summed E-state index contributed by atoms with van der Waals surface area (Å²) in [4.78, 5) is 25.1. The van der Waals surface area contributed by atoms with E-state index in [1.54, 1.807) is 48.5 Å². The van der Waals surface area contributed by atoms with Gasteiger partial charge < -0.3 is 19.5 Å². The Kier molecular flexibility index (Phi) is 11.7. The van der Waals surface area contributed by atoms with E-state index in [4.69, 9.17) is 25.8 Å². The van der Waals surface area contributed by atoms with Crippen LogP contribution in [0.3, 0.4) is 0 Å². The number of ether oxygens (including phenoxy) is 3. The molecule has 3 aromatic carbocycles. The molecule has 4 aromatic rings. The summed E-state index contributed by atoms with van der Waals surface area (Å²) in [6.07, 6.45) is 2.20. The van der Waals surface area contributed by atoms with E-state index in [1.807, 2.05) is 0 Å². The molecule has 0 spiro atoms. The van der Waals surface area contributed by atoms with Crippen molar-refractivity contribution < 1.29 is 32.2 Å². The van der Waals surface area contributed by atoms with Gasteiger partial charge in [-0.15, -0.1) is 0 Å². The highest BCUT2D eigenvalue weighted by atomic mass is 35.5. The van der Waals surface area contributed by atoms with Gasteiger partial charge in [0, 0.05) is 37.0 Å². The zero-order valence-corrected chi connectivity index (χ0v) is 29.4. The van der Waals surface area contributed by atoms with Crippen LogP contribution in [-0.4, -0.2) is 59.1 Å². The number of halogens is 1. The van der Waals surface area contributed by atoms with E-state index >= 15 is 0 Å². The third-order valence-electron chi connectivity index (χ3n) is 6.95. The molecule has 15 heteroatoms. The lowest BCUT2D eigenvalue weighted by Gasteiger charge is -2.16. The maximum atomic E-state index is 13.8. The summed E-state index contributed by atoms with van der Waals surface area (Å²) in [5.41, 5.74) is 1.91. The molecule has 2 amide bonds. The van der Waals surface area contributed by atoms with Crippen molar-refractivity contribution >= 4 is 53.1 Å². The summed E-state index contributed by atoms with van der Waals surface area (Å²) in [6, 6.07) is 17.2. The van der Waals surface area contributed by atoms with E-state index in [0.717, 1.165) is 6.04 Å². The van der Waals surface area contributed by atoms with Crippen LogP contribution >= 0.6 is 11.6 Å². The van der Waals surface area contributed by atoms with E-state index in [0.29, 0.717) is 39.9 Å². The fourth-order valence-corrected chi connectivity index (χ4v) is 6.52. The molecule has 0 aliphatic heterocycles. The van der Waals surface area contributed by atoms with Crippen LogP contribution in [0, 0.1) is 0 Å². The largest absolute Gasteiger partial charge is 0.497 e. The van der Waals surface area contributed by atoms with Gasteiger partial charge in [-0.05, 0) is 41.9 Å². The zero-order chi connectivity index (χ0) is 34.2. The minimum absolute atomic E-state index is 0.0127. The molecular formula is C32H38ClN5O7SSi. The van der Waals surface area contributed by atoms with E-state index < -0.39 is 24.2 Å². The number of anilines is 2. The Morgan fingerprint density at radius 1 is 0.936 bits per heavy atom. The normalized spacial score (nSPS) is 11.5. The number of carbonyl (C=O) groups excluding carboxylic acids is 2. The average Bonchev–Trinajstić information content (AvgIpc) is 3.48. The number of sulfonamides is 1. The molecule has 1 aromatic heterocycles. The Bertz CT molecular complexity index is 1840. The molecule has 0 aliphatic rings. The van der Waals surface area contributed by atoms with Crippen LogP contribution in [0.15, 0.2) is 78.0 Å². The molecule has 0 radical (unpaired) electrons. The lowest BCUT2D eigenvalue weighted by molar-refractivity contribution is -0.115. The molecule has 4 rings (SSSR count).